The van der Waals surface area contributed by atoms with Crippen molar-refractivity contribution in [3.05, 3.63) is 66.4 Å². The van der Waals surface area contributed by atoms with Gasteiger partial charge in [0.15, 0.2) is 6.61 Å². The molecule has 0 bridgehead atoms. The molecule has 1 amide bonds. The number of pyridine rings is 1. The zero-order valence-corrected chi connectivity index (χ0v) is 24.1. The maximum absolute atomic E-state index is 13.3. The van der Waals surface area contributed by atoms with Gasteiger partial charge < -0.3 is 14.7 Å². The molecule has 4 rings (SSSR count). The Morgan fingerprint density at radius 3 is 2.45 bits per heavy atom. The first-order valence-corrected chi connectivity index (χ1v) is 16.3. The summed E-state index contributed by atoms with van der Waals surface area (Å²) in [6.07, 6.45) is 3.45. The Labute approximate surface area is 234 Å². The zero-order valence-electron chi connectivity index (χ0n) is 22.4. The van der Waals surface area contributed by atoms with Gasteiger partial charge in [0.05, 0.1) is 36.4 Å². The summed E-state index contributed by atoms with van der Waals surface area (Å²) in [6, 6.07) is 15.4. The summed E-state index contributed by atoms with van der Waals surface area (Å²) in [7, 11) is -5.74. The molecule has 3 N–H and O–H groups in total. The number of hydrogen-bond donors (Lipinski definition) is 3. The standard InChI is InChI=1S/C26H33N5O7S2/c1-30(18-26(29-40(3,36)37,19-8-5-4-6-9-19)31-15-13-20(32)16-31)24(33)17-38-23-12-11-22(28-39(2,34)35)25-21(23)10-7-14-27-25/h4-12,14,20,28-29,32H,13,15-18H2,1-3H3/t20-,26+/m0/s1. The molecule has 1 aliphatic rings. The largest absolute Gasteiger partial charge is 0.483 e. The van der Waals surface area contributed by atoms with Crippen LogP contribution in [0.2, 0.25) is 0 Å². The molecule has 0 aliphatic carbocycles. The minimum absolute atomic E-state index is 0.0570. The number of carbonyl (C=O) groups is 1. The number of nitrogens with one attached hydrogen (secondary N) is 2. The first kappa shape index (κ1) is 29.7. The van der Waals surface area contributed by atoms with Gasteiger partial charge in [-0.15, -0.1) is 0 Å². The molecule has 3 aromatic rings. The molecule has 0 saturated carbocycles. The van der Waals surface area contributed by atoms with Crippen LogP contribution in [0.15, 0.2) is 60.8 Å². The minimum Gasteiger partial charge on any atom is -0.483 e. The van der Waals surface area contributed by atoms with Gasteiger partial charge in [0.2, 0.25) is 20.0 Å². The van der Waals surface area contributed by atoms with Crippen molar-refractivity contribution >= 4 is 42.5 Å². The third-order valence-electron chi connectivity index (χ3n) is 6.58. The van der Waals surface area contributed by atoms with E-state index in [9.17, 15) is 26.7 Å². The van der Waals surface area contributed by atoms with Crippen LogP contribution in [0.3, 0.4) is 0 Å². The summed E-state index contributed by atoms with van der Waals surface area (Å²) in [5, 5.41) is 10.8. The van der Waals surface area contributed by atoms with Crippen molar-refractivity contribution in [1.29, 1.82) is 0 Å². The summed E-state index contributed by atoms with van der Waals surface area (Å²) in [4.78, 5) is 20.8. The Kier molecular flexibility index (Phi) is 8.66. The lowest BCUT2D eigenvalue weighted by atomic mass is 9.97. The van der Waals surface area contributed by atoms with Crippen LogP contribution < -0.4 is 14.2 Å². The highest BCUT2D eigenvalue weighted by molar-refractivity contribution is 7.92. The number of likely N-dealkylation sites (N-methyl/N-ethyl adjacent to an activating group) is 1. The van der Waals surface area contributed by atoms with E-state index in [0.717, 1.165) is 12.5 Å². The summed E-state index contributed by atoms with van der Waals surface area (Å²) in [6.45, 7) is 0.219. The molecule has 1 saturated heterocycles. The van der Waals surface area contributed by atoms with E-state index < -0.39 is 37.7 Å². The quantitative estimate of drug-likeness (QED) is 0.295. The van der Waals surface area contributed by atoms with Crippen molar-refractivity contribution in [2.24, 2.45) is 0 Å². The second-order valence-corrected chi connectivity index (χ2v) is 13.4. The van der Waals surface area contributed by atoms with Crippen molar-refractivity contribution in [2.75, 3.05) is 50.5 Å². The van der Waals surface area contributed by atoms with Gasteiger partial charge in [-0.1, -0.05) is 30.3 Å². The predicted molar refractivity (Wildman–Crippen MR) is 152 cm³/mol. The molecule has 40 heavy (non-hydrogen) atoms. The smallest absolute Gasteiger partial charge is 0.260 e. The molecule has 216 valence electrons. The molecule has 1 fully saturated rings. The lowest BCUT2D eigenvalue weighted by molar-refractivity contribution is -0.134. The molecule has 12 nitrogen and oxygen atoms in total. The van der Waals surface area contributed by atoms with Crippen molar-refractivity contribution in [3.8, 4) is 5.75 Å². The SMILES string of the molecule is CN(C[C@](NS(C)(=O)=O)(c1ccccc1)N1CC[C@H](O)C1)C(=O)COc1ccc(NS(C)(=O)=O)c2ncccc12. The third kappa shape index (κ3) is 7.06. The van der Waals surface area contributed by atoms with E-state index in [2.05, 4.69) is 14.4 Å². The van der Waals surface area contributed by atoms with Crippen LogP contribution in [-0.4, -0.2) is 94.5 Å². The number of rotatable bonds is 11. The number of nitrogens with zero attached hydrogens (tertiary/aromatic N) is 3. The molecular formula is C26H33N5O7S2. The summed E-state index contributed by atoms with van der Waals surface area (Å²) in [5.74, 6) is -0.0964. The number of hydrogen-bond acceptors (Lipinski definition) is 9. The highest BCUT2D eigenvalue weighted by Gasteiger charge is 2.45. The molecule has 14 heteroatoms. The number of aromatic nitrogens is 1. The molecule has 1 aliphatic heterocycles. The van der Waals surface area contributed by atoms with E-state index in [-0.39, 0.29) is 25.4 Å². The number of anilines is 1. The normalized spacial score (nSPS) is 17.9. The predicted octanol–water partition coefficient (Wildman–Crippen LogP) is 0.912. The molecule has 2 aromatic carbocycles. The molecule has 0 unspecified atom stereocenters. The van der Waals surface area contributed by atoms with Gasteiger partial charge in [-0.25, -0.2) is 16.8 Å². The van der Waals surface area contributed by atoms with Gasteiger partial charge in [0.25, 0.3) is 5.91 Å². The van der Waals surface area contributed by atoms with Crippen molar-refractivity contribution in [3.63, 3.8) is 0 Å². The molecule has 0 radical (unpaired) electrons. The van der Waals surface area contributed by atoms with Gasteiger partial charge in [0.1, 0.15) is 11.4 Å². The van der Waals surface area contributed by atoms with Gasteiger partial charge in [-0.05, 0) is 36.2 Å². The van der Waals surface area contributed by atoms with E-state index in [0.29, 0.717) is 35.2 Å². The van der Waals surface area contributed by atoms with E-state index in [4.69, 9.17) is 4.74 Å². The van der Waals surface area contributed by atoms with Crippen LogP contribution in [-0.2, 0) is 30.5 Å². The minimum atomic E-state index is -3.75. The van der Waals surface area contributed by atoms with Crippen LogP contribution in [0.25, 0.3) is 10.9 Å². The Morgan fingerprint density at radius 1 is 1.10 bits per heavy atom. The van der Waals surface area contributed by atoms with Crippen LogP contribution in [0.5, 0.6) is 5.75 Å². The number of amides is 1. The first-order valence-electron chi connectivity index (χ1n) is 12.5. The number of aliphatic hydroxyl groups excluding tert-OH is 1. The number of β-amino-alcohol motifs (C(OH)–C–C–N with tert-alkyl or cyclic N) is 1. The lowest BCUT2D eigenvalue weighted by Crippen LogP contribution is -2.63. The van der Waals surface area contributed by atoms with E-state index in [1.807, 2.05) is 11.0 Å². The van der Waals surface area contributed by atoms with Gasteiger partial charge in [-0.2, -0.15) is 4.72 Å². The van der Waals surface area contributed by atoms with Gasteiger partial charge in [0, 0.05) is 31.7 Å². The molecule has 2 atom stereocenters. The fraction of sp³-hybridized carbons (Fsp3) is 0.385. The van der Waals surface area contributed by atoms with Crippen molar-refractivity contribution in [1.82, 2.24) is 19.5 Å². The summed E-state index contributed by atoms with van der Waals surface area (Å²) in [5.41, 5.74) is -0.0617. The number of fused-ring (bicyclic) bond motifs is 1. The van der Waals surface area contributed by atoms with E-state index in [1.54, 1.807) is 49.5 Å². The fourth-order valence-electron chi connectivity index (χ4n) is 4.87. The average molecular weight is 592 g/mol. The number of aliphatic hydroxyl groups is 1. The maximum Gasteiger partial charge on any atom is 0.260 e. The van der Waals surface area contributed by atoms with E-state index in [1.165, 1.54) is 17.2 Å². The third-order valence-corrected chi connectivity index (χ3v) is 7.88. The van der Waals surface area contributed by atoms with Crippen LogP contribution in [0.4, 0.5) is 5.69 Å². The van der Waals surface area contributed by atoms with Crippen LogP contribution >= 0.6 is 0 Å². The fourth-order valence-corrected chi connectivity index (χ4v) is 6.36. The zero-order chi connectivity index (χ0) is 29.1. The monoisotopic (exact) mass is 591 g/mol. The molecule has 2 heterocycles. The van der Waals surface area contributed by atoms with Crippen LogP contribution in [0.1, 0.15) is 12.0 Å². The number of ether oxygens (including phenoxy) is 1. The highest BCUT2D eigenvalue weighted by Crippen LogP contribution is 2.33. The number of likely N-dealkylation sites (tertiary alicyclic amines) is 1. The average Bonchev–Trinajstić information content (AvgIpc) is 3.33. The Balaban J connectivity index is 1.59. The molecule has 1 aromatic heterocycles. The summed E-state index contributed by atoms with van der Waals surface area (Å²) >= 11 is 0. The molecule has 0 spiro atoms. The van der Waals surface area contributed by atoms with E-state index >= 15 is 0 Å². The van der Waals surface area contributed by atoms with Crippen LogP contribution in [0, 0.1) is 0 Å². The second-order valence-electron chi connectivity index (χ2n) is 9.91. The lowest BCUT2D eigenvalue weighted by Gasteiger charge is -2.44. The highest BCUT2D eigenvalue weighted by atomic mass is 32.2. The Hall–Kier alpha value is -3.30. The van der Waals surface area contributed by atoms with Crippen molar-refractivity contribution in [2.45, 2.75) is 18.2 Å². The molecular weight excluding hydrogens is 558 g/mol. The maximum atomic E-state index is 13.3. The van der Waals surface area contributed by atoms with Crippen molar-refractivity contribution < 1.29 is 31.5 Å². The number of carbonyl (C=O) groups excluding carboxylic acids is 1. The second kappa shape index (κ2) is 11.7. The van der Waals surface area contributed by atoms with Gasteiger partial charge >= 0.3 is 0 Å². The Bertz CT molecular complexity index is 1590. The number of benzene rings is 2. The first-order chi connectivity index (χ1) is 18.8. The summed E-state index contributed by atoms with van der Waals surface area (Å²) < 4.78 is 59.7. The Morgan fingerprint density at radius 2 is 1.82 bits per heavy atom. The number of sulfonamides is 2. The topological polar surface area (TPSA) is 158 Å². The van der Waals surface area contributed by atoms with Gasteiger partial charge in [-0.3, -0.25) is 19.4 Å².